The number of para-hydroxylation sites is 1. The van der Waals surface area contributed by atoms with Crippen LogP contribution in [0.15, 0.2) is 53.3 Å². The molecule has 1 fully saturated rings. The minimum Gasteiger partial charge on any atom is -0.376 e. The largest absolute Gasteiger partial charge is 0.376 e. The van der Waals surface area contributed by atoms with Crippen molar-refractivity contribution in [2.75, 3.05) is 18.5 Å². The summed E-state index contributed by atoms with van der Waals surface area (Å²) in [6.45, 7) is 3.65. The van der Waals surface area contributed by atoms with E-state index < -0.39 is 0 Å². The lowest BCUT2D eigenvalue weighted by atomic mass is 10.1. The molecule has 7 heteroatoms. The molecular formula is C23H24FN3O2S. The van der Waals surface area contributed by atoms with Gasteiger partial charge in [0, 0.05) is 24.4 Å². The topological polar surface area (TPSA) is 57.4 Å². The van der Waals surface area contributed by atoms with E-state index in [9.17, 15) is 9.18 Å². The first-order valence-electron chi connectivity index (χ1n) is 10.0. The first-order valence-corrected chi connectivity index (χ1v) is 10.4. The number of thiocarbonyl (C=S) groups is 1. The van der Waals surface area contributed by atoms with Gasteiger partial charge in [0.15, 0.2) is 5.11 Å². The third-order valence-electron chi connectivity index (χ3n) is 5.36. The molecule has 1 aliphatic heterocycles. The molecule has 1 atom stereocenters. The van der Waals surface area contributed by atoms with E-state index in [4.69, 9.17) is 17.0 Å². The van der Waals surface area contributed by atoms with Gasteiger partial charge in [-0.2, -0.15) is 0 Å². The highest BCUT2D eigenvalue weighted by Crippen LogP contribution is 2.19. The molecular weight excluding hydrogens is 401 g/mol. The summed E-state index contributed by atoms with van der Waals surface area (Å²) in [5.41, 5.74) is 3.08. The van der Waals surface area contributed by atoms with Crippen molar-refractivity contribution < 1.29 is 9.13 Å². The highest BCUT2D eigenvalue weighted by molar-refractivity contribution is 7.80. The number of aryl methyl sites for hydroxylation is 1. The molecule has 1 saturated heterocycles. The Labute approximate surface area is 179 Å². The summed E-state index contributed by atoms with van der Waals surface area (Å²) < 4.78 is 19.0. The number of hydrogen-bond donors (Lipinski definition) is 2. The molecule has 0 spiro atoms. The number of rotatable bonds is 5. The van der Waals surface area contributed by atoms with Crippen LogP contribution >= 0.6 is 12.2 Å². The maximum absolute atomic E-state index is 13.2. The fourth-order valence-electron chi connectivity index (χ4n) is 3.74. The lowest BCUT2D eigenvalue weighted by molar-refractivity contribution is 0.0904. The average Bonchev–Trinajstić information content (AvgIpc) is 3.24. The van der Waals surface area contributed by atoms with Gasteiger partial charge in [-0.25, -0.2) is 4.39 Å². The zero-order chi connectivity index (χ0) is 21.1. The van der Waals surface area contributed by atoms with Crippen molar-refractivity contribution in [1.29, 1.82) is 0 Å². The van der Waals surface area contributed by atoms with E-state index in [1.165, 1.54) is 12.1 Å². The summed E-state index contributed by atoms with van der Waals surface area (Å²) in [6, 6.07) is 13.9. The monoisotopic (exact) mass is 425 g/mol. The van der Waals surface area contributed by atoms with Crippen LogP contribution in [0, 0.1) is 12.7 Å². The molecule has 2 aromatic carbocycles. The standard InChI is InChI=1S/C23H24FN3O2S/c1-15-4-2-5-16-12-17(22(28)26-21(15)16)13-27(14-20-6-3-11-29-20)23(30)25-19-9-7-18(24)8-10-19/h2,4-5,7-10,12,20H,3,6,11,13-14H2,1H3,(H,25,30)(H,26,28)/t20-/m0/s1. The van der Waals surface area contributed by atoms with E-state index in [0.717, 1.165) is 35.9 Å². The molecule has 0 bridgehead atoms. The molecule has 1 aromatic heterocycles. The van der Waals surface area contributed by atoms with Crippen molar-refractivity contribution >= 4 is 33.9 Å². The quantitative estimate of drug-likeness (QED) is 0.595. The average molecular weight is 426 g/mol. The number of benzene rings is 2. The number of ether oxygens (including phenoxy) is 1. The molecule has 5 nitrogen and oxygen atoms in total. The maximum Gasteiger partial charge on any atom is 0.253 e. The lowest BCUT2D eigenvalue weighted by Gasteiger charge is -2.28. The molecule has 1 aliphatic rings. The van der Waals surface area contributed by atoms with Crippen LogP contribution in [0.2, 0.25) is 0 Å². The number of aromatic amines is 1. The second kappa shape index (κ2) is 8.93. The number of anilines is 1. The summed E-state index contributed by atoms with van der Waals surface area (Å²) >= 11 is 5.64. The summed E-state index contributed by atoms with van der Waals surface area (Å²) in [6.07, 6.45) is 2.05. The summed E-state index contributed by atoms with van der Waals surface area (Å²) in [4.78, 5) is 17.7. The van der Waals surface area contributed by atoms with Gasteiger partial charge < -0.3 is 19.9 Å². The van der Waals surface area contributed by atoms with E-state index in [2.05, 4.69) is 10.3 Å². The van der Waals surface area contributed by atoms with Crippen molar-refractivity contribution in [1.82, 2.24) is 9.88 Å². The molecule has 30 heavy (non-hydrogen) atoms. The minimum atomic E-state index is -0.305. The molecule has 4 rings (SSSR count). The lowest BCUT2D eigenvalue weighted by Crippen LogP contribution is -2.40. The fraction of sp³-hybridized carbons (Fsp3) is 0.304. The molecule has 0 amide bonds. The Hall–Kier alpha value is -2.77. The number of halogens is 1. The van der Waals surface area contributed by atoms with Gasteiger partial charge in [0.2, 0.25) is 0 Å². The van der Waals surface area contributed by atoms with Gasteiger partial charge in [-0.1, -0.05) is 18.2 Å². The molecule has 3 aromatic rings. The fourth-order valence-corrected chi connectivity index (χ4v) is 4.00. The van der Waals surface area contributed by atoms with Crippen molar-refractivity contribution in [2.24, 2.45) is 0 Å². The Bertz CT molecular complexity index is 1110. The SMILES string of the molecule is Cc1cccc2cc(CN(C[C@@H]3CCCO3)C(=S)Nc3ccc(F)cc3)c(=O)[nH]c12. The predicted octanol–water partition coefficient (Wildman–Crippen LogP) is 4.35. The zero-order valence-electron chi connectivity index (χ0n) is 16.8. The number of nitrogens with zero attached hydrogens (tertiary/aromatic N) is 1. The third kappa shape index (κ3) is 4.68. The van der Waals surface area contributed by atoms with Crippen molar-refractivity contribution in [3.05, 3.63) is 75.8 Å². The van der Waals surface area contributed by atoms with Crippen LogP contribution in [0.4, 0.5) is 10.1 Å². The zero-order valence-corrected chi connectivity index (χ0v) is 17.6. The molecule has 0 unspecified atom stereocenters. The van der Waals surface area contributed by atoms with E-state index >= 15 is 0 Å². The Kier molecular flexibility index (Phi) is 6.11. The molecule has 0 radical (unpaired) electrons. The number of pyridine rings is 1. The Morgan fingerprint density at radius 1 is 1.30 bits per heavy atom. The number of nitrogens with one attached hydrogen (secondary N) is 2. The first-order chi connectivity index (χ1) is 14.5. The van der Waals surface area contributed by atoms with Crippen LogP contribution in [0.1, 0.15) is 24.0 Å². The van der Waals surface area contributed by atoms with Gasteiger partial charge in [-0.3, -0.25) is 4.79 Å². The smallest absolute Gasteiger partial charge is 0.253 e. The summed E-state index contributed by atoms with van der Waals surface area (Å²) in [5.74, 6) is -0.305. The first kappa shape index (κ1) is 20.5. The van der Waals surface area contributed by atoms with Crippen molar-refractivity contribution in [3.8, 4) is 0 Å². The van der Waals surface area contributed by atoms with Crippen LogP contribution in [0.25, 0.3) is 10.9 Å². The molecule has 0 aliphatic carbocycles. The van der Waals surface area contributed by atoms with Crippen molar-refractivity contribution in [3.63, 3.8) is 0 Å². The normalized spacial score (nSPS) is 16.0. The van der Waals surface area contributed by atoms with Crippen LogP contribution in [-0.2, 0) is 11.3 Å². The van der Waals surface area contributed by atoms with Crippen LogP contribution in [0.5, 0.6) is 0 Å². The Balaban J connectivity index is 1.59. The van der Waals surface area contributed by atoms with Crippen LogP contribution < -0.4 is 10.9 Å². The second-order valence-electron chi connectivity index (χ2n) is 7.62. The van der Waals surface area contributed by atoms with Gasteiger partial charge in [0.1, 0.15) is 5.82 Å². The summed E-state index contributed by atoms with van der Waals surface area (Å²) in [7, 11) is 0. The third-order valence-corrected chi connectivity index (χ3v) is 5.72. The minimum absolute atomic E-state index is 0.0692. The Morgan fingerprint density at radius 3 is 2.83 bits per heavy atom. The van der Waals surface area contributed by atoms with Gasteiger partial charge in [0.25, 0.3) is 5.56 Å². The molecule has 2 heterocycles. The van der Waals surface area contributed by atoms with E-state index in [0.29, 0.717) is 29.5 Å². The Morgan fingerprint density at radius 2 is 2.10 bits per heavy atom. The van der Waals surface area contributed by atoms with E-state index in [1.54, 1.807) is 12.1 Å². The molecule has 156 valence electrons. The number of fused-ring (bicyclic) bond motifs is 1. The van der Waals surface area contributed by atoms with Crippen LogP contribution in [0.3, 0.4) is 0 Å². The number of hydrogen-bond acceptors (Lipinski definition) is 3. The van der Waals surface area contributed by atoms with Crippen molar-refractivity contribution in [2.45, 2.75) is 32.4 Å². The highest BCUT2D eigenvalue weighted by Gasteiger charge is 2.22. The molecule has 0 saturated carbocycles. The number of H-pyrrole nitrogens is 1. The highest BCUT2D eigenvalue weighted by atomic mass is 32.1. The van der Waals surface area contributed by atoms with Gasteiger partial charge in [-0.05, 0) is 73.3 Å². The van der Waals surface area contributed by atoms with E-state index in [-0.39, 0.29) is 17.5 Å². The van der Waals surface area contributed by atoms with Gasteiger partial charge in [0.05, 0.1) is 18.2 Å². The molecule has 2 N–H and O–H groups in total. The van der Waals surface area contributed by atoms with E-state index in [1.807, 2.05) is 36.1 Å². The second-order valence-corrected chi connectivity index (χ2v) is 8.00. The van der Waals surface area contributed by atoms with Gasteiger partial charge >= 0.3 is 0 Å². The van der Waals surface area contributed by atoms with Crippen LogP contribution in [-0.4, -0.2) is 34.3 Å². The summed E-state index contributed by atoms with van der Waals surface area (Å²) in [5, 5.41) is 4.61. The number of aromatic nitrogens is 1. The maximum atomic E-state index is 13.2. The predicted molar refractivity (Wildman–Crippen MR) is 121 cm³/mol. The van der Waals surface area contributed by atoms with Gasteiger partial charge in [-0.15, -0.1) is 0 Å².